The van der Waals surface area contributed by atoms with Crippen molar-refractivity contribution in [3.63, 3.8) is 0 Å². The average Bonchev–Trinajstić information content (AvgIpc) is 2.69. The van der Waals surface area contributed by atoms with Gasteiger partial charge in [0.2, 0.25) is 5.91 Å². The zero-order valence-corrected chi connectivity index (χ0v) is 16.0. The van der Waals surface area contributed by atoms with Crippen molar-refractivity contribution < 1.29 is 9.59 Å². The number of unbranched alkanes of at least 4 members (excludes halogenated alkanes) is 1. The van der Waals surface area contributed by atoms with Crippen molar-refractivity contribution in [3.05, 3.63) is 29.8 Å². The number of carbonyl (C=O) groups is 2. The minimum Gasteiger partial charge on any atom is -0.326 e. The summed E-state index contributed by atoms with van der Waals surface area (Å²) < 4.78 is 0. The molecule has 2 rings (SSSR count). The minimum absolute atomic E-state index is 0.0926. The van der Waals surface area contributed by atoms with Gasteiger partial charge in [-0.2, -0.15) is 5.10 Å². The molecule has 5 heteroatoms. The van der Waals surface area contributed by atoms with E-state index in [4.69, 9.17) is 0 Å². The second-order valence-electron chi connectivity index (χ2n) is 6.98. The van der Waals surface area contributed by atoms with Crippen molar-refractivity contribution in [1.29, 1.82) is 0 Å². The third-order valence-electron chi connectivity index (χ3n) is 4.93. The fourth-order valence-electron chi connectivity index (χ4n) is 3.20. The molecule has 0 saturated heterocycles. The Bertz CT molecular complexity index is 617. The molecule has 26 heavy (non-hydrogen) atoms. The Morgan fingerprint density at radius 1 is 1.08 bits per heavy atom. The average molecular weight is 357 g/mol. The van der Waals surface area contributed by atoms with Crippen molar-refractivity contribution in [3.8, 4) is 0 Å². The highest BCUT2D eigenvalue weighted by molar-refractivity contribution is 5.97. The highest BCUT2D eigenvalue weighted by atomic mass is 16.2. The summed E-state index contributed by atoms with van der Waals surface area (Å²) in [6, 6.07) is 6.99. The molecule has 0 heterocycles. The molecule has 142 valence electrons. The molecule has 0 spiro atoms. The van der Waals surface area contributed by atoms with E-state index in [2.05, 4.69) is 22.8 Å². The fourth-order valence-corrected chi connectivity index (χ4v) is 3.20. The third kappa shape index (κ3) is 6.28. The largest absolute Gasteiger partial charge is 0.326 e. The van der Waals surface area contributed by atoms with Crippen LogP contribution in [-0.4, -0.2) is 17.5 Å². The van der Waals surface area contributed by atoms with Gasteiger partial charge in [-0.1, -0.05) is 39.5 Å². The fraction of sp³-hybridized carbons (Fsp3) is 0.571. The van der Waals surface area contributed by atoms with Gasteiger partial charge in [0.25, 0.3) is 5.91 Å². The van der Waals surface area contributed by atoms with E-state index in [1.807, 2.05) is 6.92 Å². The summed E-state index contributed by atoms with van der Waals surface area (Å²) in [5.74, 6) is -0.00994. The van der Waals surface area contributed by atoms with Crippen molar-refractivity contribution >= 4 is 23.2 Å². The van der Waals surface area contributed by atoms with E-state index in [1.165, 1.54) is 6.42 Å². The minimum atomic E-state index is -0.224. The highest BCUT2D eigenvalue weighted by Crippen LogP contribution is 2.25. The molecule has 1 aromatic rings. The summed E-state index contributed by atoms with van der Waals surface area (Å²) in [5.41, 5.74) is 4.91. The Morgan fingerprint density at radius 2 is 1.77 bits per heavy atom. The van der Waals surface area contributed by atoms with Gasteiger partial charge in [0.05, 0.1) is 0 Å². The van der Waals surface area contributed by atoms with E-state index in [0.717, 1.165) is 62.8 Å². The van der Waals surface area contributed by atoms with Gasteiger partial charge in [-0.3, -0.25) is 9.59 Å². The predicted octanol–water partition coefficient (Wildman–Crippen LogP) is 4.89. The first-order chi connectivity index (χ1) is 12.6. The standard InChI is InChI=1S/C21H31N3O2/c1-3-5-11-18(4-2)23-24-21(26)17-12-14-19(15-13-17)22-20(25)16-9-7-6-8-10-16/h12-16H,3-11H2,1-2H3,(H,22,25)(H,24,26)/b23-18+. The van der Waals surface area contributed by atoms with E-state index in [0.29, 0.717) is 5.56 Å². The third-order valence-corrected chi connectivity index (χ3v) is 4.93. The molecule has 1 aromatic carbocycles. The monoisotopic (exact) mass is 357 g/mol. The predicted molar refractivity (Wildman–Crippen MR) is 106 cm³/mol. The van der Waals surface area contributed by atoms with Crippen LogP contribution in [0.1, 0.15) is 82.0 Å². The summed E-state index contributed by atoms with van der Waals surface area (Å²) in [5, 5.41) is 7.20. The van der Waals surface area contributed by atoms with Crippen molar-refractivity contribution in [1.82, 2.24) is 5.43 Å². The van der Waals surface area contributed by atoms with Gasteiger partial charge in [0, 0.05) is 22.9 Å². The molecule has 1 fully saturated rings. The molecule has 1 saturated carbocycles. The zero-order valence-electron chi connectivity index (χ0n) is 16.0. The van der Waals surface area contributed by atoms with Crippen LogP contribution in [0.25, 0.3) is 0 Å². The van der Waals surface area contributed by atoms with E-state index in [-0.39, 0.29) is 17.7 Å². The Hall–Kier alpha value is -2.17. The van der Waals surface area contributed by atoms with Crippen LogP contribution >= 0.6 is 0 Å². The Morgan fingerprint density at radius 3 is 2.38 bits per heavy atom. The van der Waals surface area contributed by atoms with Crippen LogP contribution in [0.5, 0.6) is 0 Å². The van der Waals surface area contributed by atoms with E-state index >= 15 is 0 Å². The van der Waals surface area contributed by atoms with Crippen LogP contribution in [0.3, 0.4) is 0 Å². The number of carbonyl (C=O) groups excluding carboxylic acids is 2. The van der Waals surface area contributed by atoms with Crippen LogP contribution in [0.15, 0.2) is 29.4 Å². The molecule has 2 amide bonds. The molecule has 1 aliphatic carbocycles. The molecule has 0 unspecified atom stereocenters. The lowest BCUT2D eigenvalue weighted by Crippen LogP contribution is -2.24. The lowest BCUT2D eigenvalue weighted by atomic mass is 9.88. The number of nitrogens with one attached hydrogen (secondary N) is 2. The van der Waals surface area contributed by atoms with Crippen LogP contribution < -0.4 is 10.7 Å². The smallest absolute Gasteiger partial charge is 0.271 e. The van der Waals surface area contributed by atoms with Crippen molar-refractivity contribution in [2.75, 3.05) is 5.32 Å². The highest BCUT2D eigenvalue weighted by Gasteiger charge is 2.21. The molecule has 0 radical (unpaired) electrons. The summed E-state index contributed by atoms with van der Waals surface area (Å²) >= 11 is 0. The molecular weight excluding hydrogens is 326 g/mol. The maximum Gasteiger partial charge on any atom is 0.271 e. The first-order valence-corrected chi connectivity index (χ1v) is 9.90. The van der Waals surface area contributed by atoms with Crippen molar-refractivity contribution in [2.45, 2.75) is 71.6 Å². The number of rotatable bonds is 8. The number of benzene rings is 1. The summed E-state index contributed by atoms with van der Waals surface area (Å²) in [4.78, 5) is 24.5. The topological polar surface area (TPSA) is 70.6 Å². The first kappa shape index (κ1) is 20.1. The molecule has 0 aromatic heterocycles. The van der Waals surface area contributed by atoms with Gasteiger partial charge in [0.15, 0.2) is 0 Å². The van der Waals surface area contributed by atoms with Gasteiger partial charge in [-0.05, 0) is 56.4 Å². The number of hydrazone groups is 1. The number of anilines is 1. The molecule has 0 atom stereocenters. The summed E-state index contributed by atoms with van der Waals surface area (Å²) in [6.07, 6.45) is 9.40. The Labute approximate surface area is 156 Å². The molecule has 5 nitrogen and oxygen atoms in total. The van der Waals surface area contributed by atoms with Gasteiger partial charge in [-0.25, -0.2) is 5.43 Å². The first-order valence-electron chi connectivity index (χ1n) is 9.90. The maximum atomic E-state index is 12.3. The Kier molecular flexibility index (Phi) is 8.32. The number of amides is 2. The molecule has 1 aliphatic rings. The van der Waals surface area contributed by atoms with Gasteiger partial charge in [-0.15, -0.1) is 0 Å². The number of nitrogens with zero attached hydrogens (tertiary/aromatic N) is 1. The van der Waals surface area contributed by atoms with E-state index in [1.54, 1.807) is 24.3 Å². The molecular formula is C21H31N3O2. The van der Waals surface area contributed by atoms with Crippen LogP contribution in [0.2, 0.25) is 0 Å². The SMILES string of the molecule is CCCC/C(CC)=N/NC(=O)c1ccc(NC(=O)C2CCCCC2)cc1. The second-order valence-corrected chi connectivity index (χ2v) is 6.98. The van der Waals surface area contributed by atoms with E-state index < -0.39 is 0 Å². The normalized spacial score (nSPS) is 15.5. The molecule has 0 aliphatic heterocycles. The van der Waals surface area contributed by atoms with Gasteiger partial charge in [0.1, 0.15) is 0 Å². The lowest BCUT2D eigenvalue weighted by Gasteiger charge is -2.20. The van der Waals surface area contributed by atoms with Crippen LogP contribution in [-0.2, 0) is 4.79 Å². The van der Waals surface area contributed by atoms with Crippen LogP contribution in [0.4, 0.5) is 5.69 Å². The summed E-state index contributed by atoms with van der Waals surface area (Å²) in [6.45, 7) is 4.19. The summed E-state index contributed by atoms with van der Waals surface area (Å²) in [7, 11) is 0. The second kappa shape index (κ2) is 10.7. The molecule has 0 bridgehead atoms. The van der Waals surface area contributed by atoms with Gasteiger partial charge >= 0.3 is 0 Å². The zero-order chi connectivity index (χ0) is 18.8. The van der Waals surface area contributed by atoms with Crippen LogP contribution in [0, 0.1) is 5.92 Å². The van der Waals surface area contributed by atoms with Gasteiger partial charge < -0.3 is 5.32 Å². The van der Waals surface area contributed by atoms with E-state index in [9.17, 15) is 9.59 Å². The number of hydrogen-bond donors (Lipinski definition) is 2. The molecule has 2 N–H and O–H groups in total. The lowest BCUT2D eigenvalue weighted by molar-refractivity contribution is -0.120. The quantitative estimate of drug-likeness (QED) is 0.513. The maximum absolute atomic E-state index is 12.3. The van der Waals surface area contributed by atoms with Crippen molar-refractivity contribution in [2.24, 2.45) is 11.0 Å². The Balaban J connectivity index is 1.88. The number of hydrogen-bond acceptors (Lipinski definition) is 3.